The molecule has 9 nitrogen and oxygen atoms in total. The largest absolute Gasteiger partial charge is 0.497 e. The molecule has 43 heavy (non-hydrogen) atoms. The lowest BCUT2D eigenvalue weighted by Gasteiger charge is -2.37. The molecule has 3 saturated heterocycles. The van der Waals surface area contributed by atoms with Crippen LogP contribution in [-0.4, -0.2) is 74.8 Å². The lowest BCUT2D eigenvalue weighted by atomic mass is 9.82. The van der Waals surface area contributed by atoms with Gasteiger partial charge in [-0.3, -0.25) is 14.4 Å². The number of amides is 3. The Hall–Kier alpha value is -3.21. The van der Waals surface area contributed by atoms with Gasteiger partial charge in [-0.2, -0.15) is 0 Å². The van der Waals surface area contributed by atoms with Gasteiger partial charge in [-0.05, 0) is 61.6 Å². The minimum Gasteiger partial charge on any atom is -0.497 e. The van der Waals surface area contributed by atoms with Crippen LogP contribution in [0.5, 0.6) is 5.75 Å². The number of fused-ring (bicyclic) bond motifs is 2. The van der Waals surface area contributed by atoms with Crippen molar-refractivity contribution in [3.63, 3.8) is 0 Å². The fraction of sp³-hybridized carbons (Fsp3) is 0.545. The zero-order valence-corrected chi connectivity index (χ0v) is 26.6. The van der Waals surface area contributed by atoms with E-state index in [1.807, 2.05) is 35.2 Å². The minimum atomic E-state index is -2.39. The summed E-state index contributed by atoms with van der Waals surface area (Å²) in [6, 6.07) is 13.7. The van der Waals surface area contributed by atoms with E-state index >= 15 is 0 Å². The van der Waals surface area contributed by atoms with Crippen LogP contribution in [0, 0.1) is 5.92 Å². The molecule has 0 radical (unpaired) electrons. The molecule has 0 saturated carbocycles. The number of aliphatic hydroxyl groups excluding tert-OH is 1. The number of benzene rings is 2. The molecule has 3 fully saturated rings. The van der Waals surface area contributed by atoms with Gasteiger partial charge in [0.2, 0.25) is 11.8 Å². The number of carbonyl (C=O) groups is 3. The average molecular weight is 606 g/mol. The van der Waals surface area contributed by atoms with Crippen LogP contribution in [0.2, 0.25) is 18.6 Å². The molecule has 0 aromatic heterocycles. The Bertz CT molecular complexity index is 1410. The van der Waals surface area contributed by atoms with Crippen LogP contribution in [0.25, 0.3) is 0 Å². The molecule has 4 aliphatic rings. The summed E-state index contributed by atoms with van der Waals surface area (Å²) in [4.78, 5) is 44.3. The van der Waals surface area contributed by atoms with Crippen molar-refractivity contribution in [1.82, 2.24) is 4.90 Å². The van der Waals surface area contributed by atoms with E-state index in [2.05, 4.69) is 37.5 Å². The molecule has 0 aliphatic carbocycles. The summed E-state index contributed by atoms with van der Waals surface area (Å²) in [5.74, 6) is 0.374. The maximum absolute atomic E-state index is 14.0. The first-order valence-corrected chi connectivity index (χ1v) is 18.7. The van der Waals surface area contributed by atoms with Crippen LogP contribution in [0.15, 0.2) is 42.5 Å². The molecule has 0 unspecified atom stereocenters. The highest BCUT2D eigenvalue weighted by Gasteiger charge is 2.65. The second-order valence-corrected chi connectivity index (χ2v) is 17.8. The number of rotatable bonds is 7. The number of hydrogen-bond acceptors (Lipinski definition) is 6. The molecule has 4 heterocycles. The number of methoxy groups -OCH3 is 1. The Morgan fingerprint density at radius 1 is 1.12 bits per heavy atom. The number of aliphatic hydroxyl groups is 1. The number of hydrogen-bond donors (Lipinski definition) is 2. The molecular formula is C33H43N3O6Si. The van der Waals surface area contributed by atoms with Crippen LogP contribution in [-0.2, 0) is 24.7 Å². The molecule has 1 spiro atoms. The number of nitrogens with one attached hydrogen (secondary N) is 1. The van der Waals surface area contributed by atoms with Crippen LogP contribution in [0.3, 0.4) is 0 Å². The lowest BCUT2D eigenvalue weighted by Crippen LogP contribution is -2.52. The normalized spacial score (nSPS) is 28.9. The van der Waals surface area contributed by atoms with E-state index in [1.165, 1.54) is 5.19 Å². The smallest absolute Gasteiger partial charge is 0.261 e. The van der Waals surface area contributed by atoms with Crippen LogP contribution in [0.4, 0.5) is 11.4 Å². The van der Waals surface area contributed by atoms with Crippen molar-refractivity contribution in [2.24, 2.45) is 5.92 Å². The summed E-state index contributed by atoms with van der Waals surface area (Å²) in [5.41, 5.74) is 0.866. The standard InChI is InChI=1S/C33H43N3O6Si/c1-21-31(43(3,4)25-13-11-24(41-2)12-14-25)28(19-30(39)36-17-7-8-23(36)20-37)42-33(21)26-18-22(10-15-27(26)34-32(33)40)35-16-6-5-9-29(35)38/h10-15,18,21,23,28,31,37H,5-9,16-17,19-20H2,1-4H3,(H,34,40)/t21-,23+,28+,31-,33+/m1/s1. The van der Waals surface area contributed by atoms with Crippen molar-refractivity contribution in [2.75, 3.05) is 37.0 Å². The van der Waals surface area contributed by atoms with Gasteiger partial charge in [-0.25, -0.2) is 0 Å². The van der Waals surface area contributed by atoms with Crippen LogP contribution in [0.1, 0.15) is 51.0 Å². The van der Waals surface area contributed by atoms with Gasteiger partial charge in [0.05, 0.1) is 40.4 Å². The Labute approximate surface area is 254 Å². The zero-order chi connectivity index (χ0) is 30.5. The molecule has 6 rings (SSSR count). The number of ether oxygens (including phenoxy) is 2. The van der Waals surface area contributed by atoms with Crippen molar-refractivity contribution in [2.45, 2.75) is 81.8 Å². The van der Waals surface area contributed by atoms with E-state index in [0.29, 0.717) is 25.2 Å². The van der Waals surface area contributed by atoms with Gasteiger partial charge in [0.15, 0.2) is 5.60 Å². The predicted molar refractivity (Wildman–Crippen MR) is 167 cm³/mol. The van der Waals surface area contributed by atoms with E-state index < -0.39 is 19.8 Å². The van der Waals surface area contributed by atoms with E-state index in [-0.39, 0.29) is 48.3 Å². The number of nitrogens with zero attached hydrogens (tertiary/aromatic N) is 2. The molecule has 2 aromatic rings. The highest BCUT2D eigenvalue weighted by molar-refractivity contribution is 6.91. The summed E-state index contributed by atoms with van der Waals surface area (Å²) in [5, 5.41) is 14.2. The molecule has 10 heteroatoms. The monoisotopic (exact) mass is 605 g/mol. The second kappa shape index (κ2) is 11.4. The topological polar surface area (TPSA) is 108 Å². The third-order valence-electron chi connectivity index (χ3n) is 10.5. The Morgan fingerprint density at radius 3 is 2.58 bits per heavy atom. The number of carbonyl (C=O) groups excluding carboxylic acids is 3. The van der Waals surface area contributed by atoms with E-state index in [1.54, 1.807) is 12.0 Å². The number of piperidine rings is 1. The van der Waals surface area contributed by atoms with E-state index in [4.69, 9.17) is 9.47 Å². The maximum Gasteiger partial charge on any atom is 0.261 e. The third-order valence-corrected chi connectivity index (χ3v) is 14.9. The fourth-order valence-corrected chi connectivity index (χ4v) is 12.2. The molecule has 230 valence electrons. The fourth-order valence-electron chi connectivity index (χ4n) is 8.21. The predicted octanol–water partition coefficient (Wildman–Crippen LogP) is 3.75. The molecule has 2 N–H and O–H groups in total. The SMILES string of the molecule is COc1ccc([Si](C)(C)[C@H]2[C@H](CC(=O)N3CCC[C@H]3CO)O[C@@]3(C(=O)Nc4ccc(N5CCCCC5=O)cc43)[C@@H]2C)cc1. The van der Waals surface area contributed by atoms with E-state index in [9.17, 15) is 19.5 Å². The van der Waals surface area contributed by atoms with Gasteiger partial charge >= 0.3 is 0 Å². The van der Waals surface area contributed by atoms with E-state index in [0.717, 1.165) is 42.7 Å². The summed E-state index contributed by atoms with van der Waals surface area (Å²) in [6.45, 7) is 7.89. The third kappa shape index (κ3) is 4.87. The number of likely N-dealkylation sites (tertiary alicyclic amines) is 1. The molecular weight excluding hydrogens is 562 g/mol. The van der Waals surface area contributed by atoms with Gasteiger partial charge < -0.3 is 29.7 Å². The van der Waals surface area contributed by atoms with Gasteiger partial charge in [-0.15, -0.1) is 0 Å². The summed E-state index contributed by atoms with van der Waals surface area (Å²) < 4.78 is 12.4. The molecule has 4 aliphatic heterocycles. The van der Waals surface area contributed by atoms with Crippen molar-refractivity contribution in [3.05, 3.63) is 48.0 Å². The van der Waals surface area contributed by atoms with Crippen LogP contribution < -0.4 is 20.1 Å². The summed E-state index contributed by atoms with van der Waals surface area (Å²) >= 11 is 0. The second-order valence-electron chi connectivity index (χ2n) is 13.1. The molecule has 0 bridgehead atoms. The summed E-state index contributed by atoms with van der Waals surface area (Å²) in [6.07, 6.45) is 3.66. The first-order valence-electron chi connectivity index (χ1n) is 15.6. The van der Waals surface area contributed by atoms with Gasteiger partial charge in [0, 0.05) is 42.4 Å². The zero-order valence-electron chi connectivity index (χ0n) is 25.6. The maximum atomic E-state index is 14.0. The first-order chi connectivity index (χ1) is 20.6. The Kier molecular flexibility index (Phi) is 7.89. The van der Waals surface area contributed by atoms with Gasteiger partial charge in [0.25, 0.3) is 5.91 Å². The first kappa shape index (κ1) is 29.8. The Balaban J connectivity index is 1.42. The number of anilines is 2. The quantitative estimate of drug-likeness (QED) is 0.466. The minimum absolute atomic E-state index is 0.0402. The van der Waals surface area contributed by atoms with Crippen molar-refractivity contribution < 1.29 is 29.0 Å². The molecule has 3 amide bonds. The molecule has 5 atom stereocenters. The average Bonchev–Trinajstić information content (AvgIpc) is 3.68. The highest BCUT2D eigenvalue weighted by Crippen LogP contribution is 2.59. The van der Waals surface area contributed by atoms with Crippen molar-refractivity contribution in [3.8, 4) is 5.75 Å². The lowest BCUT2D eigenvalue weighted by molar-refractivity contribution is -0.148. The van der Waals surface area contributed by atoms with Crippen molar-refractivity contribution >= 4 is 42.4 Å². The van der Waals surface area contributed by atoms with Gasteiger partial charge in [-0.1, -0.05) is 37.3 Å². The molecule has 2 aromatic carbocycles. The van der Waals surface area contributed by atoms with Gasteiger partial charge in [0.1, 0.15) is 5.75 Å². The van der Waals surface area contributed by atoms with Crippen LogP contribution >= 0.6 is 0 Å². The highest BCUT2D eigenvalue weighted by atomic mass is 28.3. The Morgan fingerprint density at radius 2 is 1.88 bits per heavy atom. The summed E-state index contributed by atoms with van der Waals surface area (Å²) in [7, 11) is -0.738. The van der Waals surface area contributed by atoms with Crippen molar-refractivity contribution in [1.29, 1.82) is 0 Å².